The predicted octanol–water partition coefficient (Wildman–Crippen LogP) is 3.30. The summed E-state index contributed by atoms with van der Waals surface area (Å²) >= 11 is 1.33. The molecule has 1 fully saturated rings. The van der Waals surface area contributed by atoms with E-state index in [-0.39, 0.29) is 11.7 Å². The summed E-state index contributed by atoms with van der Waals surface area (Å²) in [4.78, 5) is 13.6. The topological polar surface area (TPSA) is 54.3 Å². The van der Waals surface area contributed by atoms with Crippen LogP contribution in [-0.2, 0) is 11.3 Å². The highest BCUT2D eigenvalue weighted by molar-refractivity contribution is 8.15. The Morgan fingerprint density at radius 3 is 2.76 bits per heavy atom. The highest BCUT2D eigenvalue weighted by atomic mass is 32.2. The summed E-state index contributed by atoms with van der Waals surface area (Å²) in [6.45, 7) is 0.342. The third kappa shape index (κ3) is 4.24. The van der Waals surface area contributed by atoms with Crippen LogP contribution >= 0.6 is 11.8 Å². The van der Waals surface area contributed by atoms with Gasteiger partial charge >= 0.3 is 0 Å². The summed E-state index contributed by atoms with van der Waals surface area (Å²) in [5.41, 5.74) is 1.63. The van der Waals surface area contributed by atoms with E-state index in [4.69, 9.17) is 4.74 Å². The van der Waals surface area contributed by atoms with Gasteiger partial charge in [0, 0.05) is 5.56 Å². The molecule has 0 bridgehead atoms. The molecule has 5 nitrogen and oxygen atoms in total. The van der Waals surface area contributed by atoms with Crippen LogP contribution in [0.25, 0.3) is 0 Å². The second kappa shape index (κ2) is 7.94. The van der Waals surface area contributed by atoms with E-state index in [1.54, 1.807) is 30.4 Å². The molecule has 1 amide bonds. The number of halogens is 1. The Hall–Kier alpha value is -2.67. The SMILES string of the molecule is COc1ccccc1C=NN=C1SCC(=O)N1Cc1ccc(F)cc1. The van der Waals surface area contributed by atoms with Gasteiger partial charge in [-0.1, -0.05) is 36.0 Å². The van der Waals surface area contributed by atoms with Crippen LogP contribution in [0.1, 0.15) is 11.1 Å². The van der Waals surface area contributed by atoms with Crippen molar-refractivity contribution in [2.45, 2.75) is 6.54 Å². The van der Waals surface area contributed by atoms with Crippen molar-refractivity contribution in [2.75, 3.05) is 12.9 Å². The Balaban J connectivity index is 1.75. The molecular formula is C18H16FN3O2S. The molecule has 0 aromatic heterocycles. The summed E-state index contributed by atoms with van der Waals surface area (Å²) < 4.78 is 18.3. The predicted molar refractivity (Wildman–Crippen MR) is 97.4 cm³/mol. The Labute approximate surface area is 149 Å². The number of hydrogen-bond donors (Lipinski definition) is 0. The number of hydrogen-bond acceptors (Lipinski definition) is 5. The number of methoxy groups -OCH3 is 1. The molecule has 0 saturated carbocycles. The average molecular weight is 357 g/mol. The van der Waals surface area contributed by atoms with Crippen molar-refractivity contribution in [1.82, 2.24) is 4.90 Å². The smallest absolute Gasteiger partial charge is 0.239 e. The fourth-order valence-electron chi connectivity index (χ4n) is 2.31. The van der Waals surface area contributed by atoms with Gasteiger partial charge in [0.15, 0.2) is 5.17 Å². The first kappa shape index (κ1) is 17.2. The maximum atomic E-state index is 13.0. The largest absolute Gasteiger partial charge is 0.496 e. The van der Waals surface area contributed by atoms with E-state index < -0.39 is 0 Å². The third-order valence-corrected chi connectivity index (χ3v) is 4.54. The molecule has 25 heavy (non-hydrogen) atoms. The summed E-state index contributed by atoms with van der Waals surface area (Å²) in [5.74, 6) is 0.677. The van der Waals surface area contributed by atoms with E-state index in [0.717, 1.165) is 11.1 Å². The Kier molecular flexibility index (Phi) is 5.45. The molecule has 1 saturated heterocycles. The van der Waals surface area contributed by atoms with Crippen molar-refractivity contribution >= 4 is 29.1 Å². The first-order valence-electron chi connectivity index (χ1n) is 7.59. The number of para-hydroxylation sites is 1. The monoisotopic (exact) mass is 357 g/mol. The molecule has 2 aromatic carbocycles. The number of carbonyl (C=O) groups excluding carboxylic acids is 1. The number of ether oxygens (including phenoxy) is 1. The van der Waals surface area contributed by atoms with E-state index in [1.807, 2.05) is 24.3 Å². The number of rotatable bonds is 5. The van der Waals surface area contributed by atoms with Gasteiger partial charge in [-0.2, -0.15) is 5.10 Å². The van der Waals surface area contributed by atoms with Crippen LogP contribution in [0, 0.1) is 5.82 Å². The zero-order valence-corrected chi connectivity index (χ0v) is 14.4. The van der Waals surface area contributed by atoms with Crippen molar-refractivity contribution in [1.29, 1.82) is 0 Å². The Morgan fingerprint density at radius 2 is 2.00 bits per heavy atom. The molecule has 0 spiro atoms. The van der Waals surface area contributed by atoms with Gasteiger partial charge in [-0.15, -0.1) is 5.10 Å². The summed E-state index contributed by atoms with van der Waals surface area (Å²) in [6.07, 6.45) is 1.59. The van der Waals surface area contributed by atoms with Crippen LogP contribution < -0.4 is 4.74 Å². The number of benzene rings is 2. The molecule has 1 aliphatic heterocycles. The number of amides is 1. The van der Waals surface area contributed by atoms with Gasteiger partial charge in [0.1, 0.15) is 11.6 Å². The fourth-order valence-corrected chi connectivity index (χ4v) is 3.15. The summed E-state index contributed by atoms with van der Waals surface area (Å²) in [5, 5.41) is 8.77. The fraction of sp³-hybridized carbons (Fsp3) is 0.167. The number of nitrogens with zero attached hydrogens (tertiary/aromatic N) is 3. The molecule has 128 valence electrons. The lowest BCUT2D eigenvalue weighted by Crippen LogP contribution is -2.28. The van der Waals surface area contributed by atoms with Gasteiger partial charge in [-0.25, -0.2) is 4.39 Å². The number of amidine groups is 1. The van der Waals surface area contributed by atoms with Crippen molar-refractivity contribution in [3.8, 4) is 5.75 Å². The molecule has 0 radical (unpaired) electrons. The zero-order valence-electron chi connectivity index (χ0n) is 13.6. The van der Waals surface area contributed by atoms with E-state index in [0.29, 0.717) is 23.2 Å². The minimum absolute atomic E-state index is 0.0411. The quantitative estimate of drug-likeness (QED) is 0.609. The molecule has 1 heterocycles. The highest BCUT2D eigenvalue weighted by Crippen LogP contribution is 2.22. The Morgan fingerprint density at radius 1 is 1.24 bits per heavy atom. The maximum absolute atomic E-state index is 13.0. The lowest BCUT2D eigenvalue weighted by molar-refractivity contribution is -0.124. The summed E-state index contributed by atoms with van der Waals surface area (Å²) in [7, 11) is 1.59. The first-order valence-corrected chi connectivity index (χ1v) is 8.57. The normalized spacial score (nSPS) is 16.2. The average Bonchev–Trinajstić information content (AvgIpc) is 2.97. The second-order valence-corrected chi connectivity index (χ2v) is 6.21. The zero-order chi connectivity index (χ0) is 17.6. The van der Waals surface area contributed by atoms with Crippen LogP contribution in [0.15, 0.2) is 58.7 Å². The second-order valence-electron chi connectivity index (χ2n) is 5.26. The van der Waals surface area contributed by atoms with Crippen molar-refractivity contribution in [2.24, 2.45) is 10.2 Å². The Bertz CT molecular complexity index is 821. The van der Waals surface area contributed by atoms with Gasteiger partial charge in [0.2, 0.25) is 5.91 Å². The molecule has 3 rings (SSSR count). The van der Waals surface area contributed by atoms with Crippen molar-refractivity contribution in [3.63, 3.8) is 0 Å². The molecule has 2 aromatic rings. The van der Waals surface area contributed by atoms with E-state index in [9.17, 15) is 9.18 Å². The first-order chi connectivity index (χ1) is 12.2. The lowest BCUT2D eigenvalue weighted by Gasteiger charge is -2.15. The molecule has 1 aliphatic rings. The van der Waals surface area contributed by atoms with Crippen LogP contribution in [0.4, 0.5) is 4.39 Å². The van der Waals surface area contributed by atoms with E-state index >= 15 is 0 Å². The third-order valence-electron chi connectivity index (χ3n) is 3.59. The summed E-state index contributed by atoms with van der Waals surface area (Å²) in [6, 6.07) is 13.5. The van der Waals surface area contributed by atoms with Crippen LogP contribution in [0.3, 0.4) is 0 Å². The van der Waals surface area contributed by atoms with E-state index in [1.165, 1.54) is 23.9 Å². The maximum Gasteiger partial charge on any atom is 0.239 e. The van der Waals surface area contributed by atoms with Gasteiger partial charge in [-0.05, 0) is 29.8 Å². The molecule has 0 unspecified atom stereocenters. The van der Waals surface area contributed by atoms with E-state index in [2.05, 4.69) is 10.2 Å². The molecule has 7 heteroatoms. The highest BCUT2D eigenvalue weighted by Gasteiger charge is 2.28. The van der Waals surface area contributed by atoms with Crippen molar-refractivity contribution in [3.05, 3.63) is 65.5 Å². The van der Waals surface area contributed by atoms with Crippen LogP contribution in [0.5, 0.6) is 5.75 Å². The number of carbonyl (C=O) groups is 1. The standard InChI is InChI=1S/C18H16FN3O2S/c1-24-16-5-3-2-4-14(16)10-20-21-18-22(17(23)12-25-18)11-13-6-8-15(19)9-7-13/h2-10H,11-12H2,1H3. The lowest BCUT2D eigenvalue weighted by atomic mass is 10.2. The van der Waals surface area contributed by atoms with Gasteiger partial charge in [0.05, 0.1) is 25.6 Å². The molecular weight excluding hydrogens is 341 g/mol. The van der Waals surface area contributed by atoms with Crippen molar-refractivity contribution < 1.29 is 13.9 Å². The minimum atomic E-state index is -0.304. The number of thioether (sulfide) groups is 1. The molecule has 0 aliphatic carbocycles. The van der Waals surface area contributed by atoms with Gasteiger partial charge in [0.25, 0.3) is 0 Å². The van der Waals surface area contributed by atoms with Gasteiger partial charge in [-0.3, -0.25) is 9.69 Å². The van der Waals surface area contributed by atoms with Gasteiger partial charge < -0.3 is 4.74 Å². The van der Waals surface area contributed by atoms with Crippen LogP contribution in [0.2, 0.25) is 0 Å². The minimum Gasteiger partial charge on any atom is -0.496 e. The molecule has 0 N–H and O–H groups in total. The molecule has 0 atom stereocenters. The van der Waals surface area contributed by atoms with Crippen LogP contribution in [-0.4, -0.2) is 35.1 Å².